The van der Waals surface area contributed by atoms with Crippen molar-refractivity contribution in [1.82, 2.24) is 0 Å². The molecule has 1 heterocycles. The average Bonchev–Trinajstić information content (AvgIpc) is 2.80. The van der Waals surface area contributed by atoms with Crippen LogP contribution in [0.1, 0.15) is 22.9 Å². The highest BCUT2D eigenvalue weighted by Crippen LogP contribution is 2.34. The van der Waals surface area contributed by atoms with Gasteiger partial charge in [-0.05, 0) is 35.9 Å². The quantitative estimate of drug-likeness (QED) is 0.909. The first kappa shape index (κ1) is 14.1. The largest absolute Gasteiger partial charge is 0.469 e. The van der Waals surface area contributed by atoms with E-state index in [1.807, 2.05) is 0 Å². The second kappa shape index (κ2) is 5.38. The maximum absolute atomic E-state index is 12.7. The van der Waals surface area contributed by atoms with E-state index >= 15 is 0 Å². The van der Waals surface area contributed by atoms with Gasteiger partial charge in [0.05, 0.1) is 11.8 Å². The Labute approximate surface area is 116 Å². The zero-order valence-electron chi connectivity index (χ0n) is 9.75. The van der Waals surface area contributed by atoms with Crippen molar-refractivity contribution in [3.8, 4) is 0 Å². The van der Waals surface area contributed by atoms with Crippen LogP contribution >= 0.6 is 15.9 Å². The summed E-state index contributed by atoms with van der Waals surface area (Å²) < 4.78 is 43.7. The van der Waals surface area contributed by atoms with Crippen molar-refractivity contribution in [2.24, 2.45) is 5.73 Å². The fourth-order valence-electron chi connectivity index (χ4n) is 1.76. The topological polar surface area (TPSA) is 39.2 Å². The lowest BCUT2D eigenvalue weighted by molar-refractivity contribution is -0.137. The molecule has 1 atom stereocenters. The van der Waals surface area contributed by atoms with E-state index in [9.17, 15) is 13.2 Å². The molecular weight excluding hydrogens is 323 g/mol. The van der Waals surface area contributed by atoms with E-state index in [0.29, 0.717) is 22.2 Å². The molecule has 0 amide bonds. The van der Waals surface area contributed by atoms with Crippen LogP contribution in [0.3, 0.4) is 0 Å². The minimum Gasteiger partial charge on any atom is -0.469 e. The summed E-state index contributed by atoms with van der Waals surface area (Å²) >= 11 is 3.22. The maximum atomic E-state index is 12.7. The molecule has 0 saturated heterocycles. The van der Waals surface area contributed by atoms with Gasteiger partial charge >= 0.3 is 6.18 Å². The van der Waals surface area contributed by atoms with E-state index in [-0.39, 0.29) is 0 Å². The van der Waals surface area contributed by atoms with Gasteiger partial charge in [-0.25, -0.2) is 0 Å². The zero-order valence-corrected chi connectivity index (χ0v) is 11.3. The van der Waals surface area contributed by atoms with Crippen LogP contribution in [0.2, 0.25) is 0 Å². The van der Waals surface area contributed by atoms with Crippen LogP contribution in [0.5, 0.6) is 0 Å². The highest BCUT2D eigenvalue weighted by Gasteiger charge is 2.31. The van der Waals surface area contributed by atoms with Crippen molar-refractivity contribution in [3.63, 3.8) is 0 Å². The molecule has 19 heavy (non-hydrogen) atoms. The van der Waals surface area contributed by atoms with Crippen molar-refractivity contribution in [3.05, 3.63) is 58.0 Å². The molecule has 2 N–H and O–H groups in total. The van der Waals surface area contributed by atoms with Crippen LogP contribution in [-0.4, -0.2) is 0 Å². The molecule has 1 unspecified atom stereocenters. The molecule has 0 aliphatic carbocycles. The van der Waals surface area contributed by atoms with E-state index < -0.39 is 17.8 Å². The number of hydrogen-bond acceptors (Lipinski definition) is 2. The molecule has 2 rings (SSSR count). The Bertz CT molecular complexity index is 552. The molecule has 102 valence electrons. The fraction of sp³-hybridized carbons (Fsp3) is 0.231. The number of alkyl halides is 3. The van der Waals surface area contributed by atoms with Gasteiger partial charge in [0, 0.05) is 16.9 Å². The van der Waals surface area contributed by atoms with Crippen LogP contribution in [0.25, 0.3) is 0 Å². The molecule has 0 saturated carbocycles. The summed E-state index contributed by atoms with van der Waals surface area (Å²) in [7, 11) is 0. The second-order valence-corrected chi connectivity index (χ2v) is 4.98. The van der Waals surface area contributed by atoms with Gasteiger partial charge in [-0.3, -0.25) is 0 Å². The van der Waals surface area contributed by atoms with E-state index in [1.54, 1.807) is 12.1 Å². The predicted molar refractivity (Wildman–Crippen MR) is 68.5 cm³/mol. The lowest BCUT2D eigenvalue weighted by Crippen LogP contribution is -2.15. The normalized spacial score (nSPS) is 13.5. The molecule has 1 aromatic carbocycles. The molecule has 0 bridgehead atoms. The van der Waals surface area contributed by atoms with Gasteiger partial charge in [-0.2, -0.15) is 13.2 Å². The lowest BCUT2D eigenvalue weighted by Gasteiger charge is -2.15. The van der Waals surface area contributed by atoms with Crippen molar-refractivity contribution in [2.45, 2.75) is 18.6 Å². The Morgan fingerprint density at radius 1 is 1.26 bits per heavy atom. The smallest absolute Gasteiger partial charge is 0.416 e. The number of halogens is 4. The number of benzene rings is 1. The van der Waals surface area contributed by atoms with E-state index in [4.69, 9.17) is 10.2 Å². The summed E-state index contributed by atoms with van der Waals surface area (Å²) in [5, 5.41) is 0. The Morgan fingerprint density at radius 3 is 2.58 bits per heavy atom. The third-order valence-electron chi connectivity index (χ3n) is 2.72. The van der Waals surface area contributed by atoms with Crippen LogP contribution in [0, 0.1) is 0 Å². The fourth-order valence-corrected chi connectivity index (χ4v) is 2.30. The first-order chi connectivity index (χ1) is 8.88. The van der Waals surface area contributed by atoms with Gasteiger partial charge in [0.1, 0.15) is 5.76 Å². The van der Waals surface area contributed by atoms with Crippen molar-refractivity contribution >= 4 is 15.9 Å². The number of furan rings is 1. The molecule has 1 aromatic heterocycles. The van der Waals surface area contributed by atoms with E-state index in [1.165, 1.54) is 12.3 Å². The van der Waals surface area contributed by atoms with Crippen LogP contribution in [0.4, 0.5) is 13.2 Å². The van der Waals surface area contributed by atoms with Gasteiger partial charge < -0.3 is 10.2 Å². The van der Waals surface area contributed by atoms with Gasteiger partial charge in [0.2, 0.25) is 0 Å². The number of rotatable bonds is 3. The van der Waals surface area contributed by atoms with Gasteiger partial charge in [-0.15, -0.1) is 0 Å². The summed E-state index contributed by atoms with van der Waals surface area (Å²) in [6.07, 6.45) is -2.53. The average molecular weight is 334 g/mol. The van der Waals surface area contributed by atoms with Crippen LogP contribution in [-0.2, 0) is 12.6 Å². The molecule has 0 aliphatic rings. The van der Waals surface area contributed by atoms with Gasteiger partial charge in [0.15, 0.2) is 0 Å². The van der Waals surface area contributed by atoms with Gasteiger partial charge in [0.25, 0.3) is 0 Å². The Hall–Kier alpha value is -1.27. The lowest BCUT2D eigenvalue weighted by atomic mass is 10.0. The first-order valence-corrected chi connectivity index (χ1v) is 6.32. The summed E-state index contributed by atoms with van der Waals surface area (Å²) in [6, 6.07) is 6.33. The summed E-state index contributed by atoms with van der Waals surface area (Å²) in [5.41, 5.74) is 5.64. The minimum atomic E-state index is -4.38. The van der Waals surface area contributed by atoms with Gasteiger partial charge in [-0.1, -0.05) is 15.9 Å². The van der Waals surface area contributed by atoms with Crippen molar-refractivity contribution in [2.75, 3.05) is 0 Å². The highest BCUT2D eigenvalue weighted by atomic mass is 79.9. The van der Waals surface area contributed by atoms with E-state index in [2.05, 4.69) is 15.9 Å². The summed E-state index contributed by atoms with van der Waals surface area (Å²) in [4.78, 5) is 0. The molecule has 0 spiro atoms. The molecular formula is C13H11BrF3NO. The molecule has 0 radical (unpaired) electrons. The maximum Gasteiger partial charge on any atom is 0.416 e. The molecule has 0 aliphatic heterocycles. The second-order valence-electron chi connectivity index (χ2n) is 4.12. The third kappa shape index (κ3) is 3.39. The molecule has 2 aromatic rings. The Morgan fingerprint density at radius 2 is 2.00 bits per heavy atom. The molecule has 0 fully saturated rings. The van der Waals surface area contributed by atoms with Crippen molar-refractivity contribution < 1.29 is 17.6 Å². The number of nitrogens with two attached hydrogens (primary N) is 1. The SMILES string of the molecule is NC(Cc1ccco1)c1cc(C(F)(F)F)ccc1Br. The Kier molecular flexibility index (Phi) is 4.01. The molecule has 6 heteroatoms. The highest BCUT2D eigenvalue weighted by molar-refractivity contribution is 9.10. The predicted octanol–water partition coefficient (Wildman–Crippen LogP) is 4.30. The molecule has 2 nitrogen and oxygen atoms in total. The van der Waals surface area contributed by atoms with Crippen LogP contribution < -0.4 is 5.73 Å². The zero-order chi connectivity index (χ0) is 14.0. The first-order valence-electron chi connectivity index (χ1n) is 5.52. The monoisotopic (exact) mass is 333 g/mol. The summed E-state index contributed by atoms with van der Waals surface area (Å²) in [6.45, 7) is 0. The standard InChI is InChI=1S/C13H11BrF3NO/c14-11-4-3-8(13(15,16)17)6-10(11)12(18)7-9-2-1-5-19-9/h1-6,12H,7,18H2. The van der Waals surface area contributed by atoms with E-state index in [0.717, 1.165) is 12.1 Å². The van der Waals surface area contributed by atoms with Crippen molar-refractivity contribution in [1.29, 1.82) is 0 Å². The number of hydrogen-bond donors (Lipinski definition) is 1. The van der Waals surface area contributed by atoms with Crippen LogP contribution in [0.15, 0.2) is 45.5 Å². The summed E-state index contributed by atoms with van der Waals surface area (Å²) in [5.74, 6) is 0.636. The Balaban J connectivity index is 2.28. The minimum absolute atomic E-state index is 0.340. The third-order valence-corrected chi connectivity index (χ3v) is 3.45.